The minimum atomic E-state index is -3.72. The molecule has 0 N–H and O–H groups in total. The number of hydrogen-bond donors (Lipinski definition) is 0. The predicted molar refractivity (Wildman–Crippen MR) is 106 cm³/mol. The van der Waals surface area contributed by atoms with Gasteiger partial charge in [0, 0.05) is 20.6 Å². The van der Waals surface area contributed by atoms with E-state index in [1.807, 2.05) is 19.1 Å². The molecule has 0 saturated carbocycles. The van der Waals surface area contributed by atoms with Gasteiger partial charge in [-0.05, 0) is 62.1 Å². The molecule has 27 heavy (non-hydrogen) atoms. The largest absolute Gasteiger partial charge is 0.266 e. The fraction of sp³-hybridized carbons (Fsp3) is 0.368. The summed E-state index contributed by atoms with van der Waals surface area (Å²) in [6, 6.07) is 8.37. The van der Waals surface area contributed by atoms with Gasteiger partial charge in [0.15, 0.2) is 0 Å². The highest BCUT2D eigenvalue weighted by Gasteiger charge is 2.34. The molecule has 0 bridgehead atoms. The fourth-order valence-corrected chi connectivity index (χ4v) is 6.53. The molecule has 8 heteroatoms. The van der Waals surface area contributed by atoms with E-state index >= 15 is 0 Å². The van der Waals surface area contributed by atoms with E-state index in [9.17, 15) is 16.8 Å². The van der Waals surface area contributed by atoms with Crippen molar-refractivity contribution in [2.24, 2.45) is 0 Å². The van der Waals surface area contributed by atoms with Gasteiger partial charge < -0.3 is 0 Å². The van der Waals surface area contributed by atoms with Gasteiger partial charge in [0.2, 0.25) is 10.0 Å². The number of nitrogens with zero attached hydrogens (tertiary/aromatic N) is 2. The van der Waals surface area contributed by atoms with Crippen LogP contribution in [0, 0.1) is 20.8 Å². The van der Waals surface area contributed by atoms with E-state index in [1.165, 1.54) is 24.5 Å². The zero-order valence-electron chi connectivity index (χ0n) is 16.1. The lowest BCUT2D eigenvalue weighted by Crippen LogP contribution is -2.30. The van der Waals surface area contributed by atoms with Crippen LogP contribution in [0.25, 0.3) is 0 Å². The van der Waals surface area contributed by atoms with Crippen molar-refractivity contribution in [3.05, 3.63) is 52.6 Å². The van der Waals surface area contributed by atoms with Crippen LogP contribution in [0.1, 0.15) is 22.3 Å². The number of aryl methyl sites for hydroxylation is 3. The van der Waals surface area contributed by atoms with Crippen LogP contribution in [0.4, 0.5) is 5.69 Å². The highest BCUT2D eigenvalue weighted by Crippen LogP contribution is 2.36. The van der Waals surface area contributed by atoms with Gasteiger partial charge in [0.1, 0.15) is 0 Å². The Balaban J connectivity index is 2.09. The molecule has 2 aromatic carbocycles. The second-order valence-corrected chi connectivity index (χ2v) is 11.1. The summed E-state index contributed by atoms with van der Waals surface area (Å²) in [6.07, 6.45) is 0.481. The third kappa shape index (κ3) is 3.26. The molecule has 0 amide bonds. The van der Waals surface area contributed by atoms with Crippen LogP contribution in [-0.2, 0) is 26.5 Å². The highest BCUT2D eigenvalue weighted by atomic mass is 32.2. The first kappa shape index (κ1) is 19.9. The molecular weight excluding hydrogens is 384 g/mol. The predicted octanol–water partition coefficient (Wildman–Crippen LogP) is 2.61. The Labute approximate surface area is 161 Å². The van der Waals surface area contributed by atoms with Crippen LogP contribution in [0.15, 0.2) is 40.1 Å². The van der Waals surface area contributed by atoms with Gasteiger partial charge in [-0.3, -0.25) is 4.31 Å². The molecule has 6 nitrogen and oxygen atoms in total. The van der Waals surface area contributed by atoms with Crippen LogP contribution < -0.4 is 4.31 Å². The Kier molecular flexibility index (Phi) is 4.86. The van der Waals surface area contributed by atoms with Crippen molar-refractivity contribution in [2.45, 2.75) is 37.0 Å². The number of benzene rings is 2. The van der Waals surface area contributed by atoms with Crippen molar-refractivity contribution >= 4 is 25.7 Å². The summed E-state index contributed by atoms with van der Waals surface area (Å²) in [5.41, 5.74) is 3.72. The molecule has 0 fully saturated rings. The third-order valence-electron chi connectivity index (χ3n) is 4.84. The maximum atomic E-state index is 13.3. The zero-order chi connectivity index (χ0) is 20.1. The minimum absolute atomic E-state index is 0.174. The van der Waals surface area contributed by atoms with Crippen molar-refractivity contribution in [2.75, 3.05) is 24.9 Å². The molecule has 0 saturated heterocycles. The Hall–Kier alpha value is -1.90. The summed E-state index contributed by atoms with van der Waals surface area (Å²) in [5.74, 6) is 0. The maximum Gasteiger partial charge on any atom is 0.264 e. The number of sulfonamides is 2. The molecule has 1 heterocycles. The standard InChI is InChI=1S/C19H24N2O4S2/c1-13-10-14(2)19(15(3)11-13)27(24,25)21-9-8-16-12-17(6-7-18(16)21)26(22,23)20(4)5/h6-7,10-12H,8-9H2,1-5H3. The maximum absolute atomic E-state index is 13.3. The molecule has 3 rings (SSSR count). The van der Waals surface area contributed by atoms with Crippen molar-refractivity contribution in [1.29, 1.82) is 0 Å². The van der Waals surface area contributed by atoms with Crippen molar-refractivity contribution in [3.63, 3.8) is 0 Å². The third-order valence-corrected chi connectivity index (χ3v) is 8.77. The first-order valence-corrected chi connectivity index (χ1v) is 11.5. The van der Waals surface area contributed by atoms with Gasteiger partial charge in [-0.25, -0.2) is 21.1 Å². The molecular formula is C19H24N2O4S2. The van der Waals surface area contributed by atoms with Gasteiger partial charge in [0.25, 0.3) is 10.0 Å². The Bertz CT molecular complexity index is 1100. The summed E-state index contributed by atoms with van der Waals surface area (Å²) in [6.45, 7) is 5.84. The lowest BCUT2D eigenvalue weighted by Gasteiger charge is -2.22. The monoisotopic (exact) mass is 408 g/mol. The average Bonchev–Trinajstić information content (AvgIpc) is 2.97. The second-order valence-electron chi connectivity index (χ2n) is 7.13. The Morgan fingerprint density at radius 3 is 2.07 bits per heavy atom. The minimum Gasteiger partial charge on any atom is -0.266 e. The molecule has 1 aliphatic rings. The first-order valence-electron chi connectivity index (χ1n) is 8.62. The van der Waals surface area contributed by atoms with Crippen molar-refractivity contribution in [1.82, 2.24) is 4.31 Å². The molecule has 1 aliphatic heterocycles. The topological polar surface area (TPSA) is 74.8 Å². The van der Waals surface area contributed by atoms with E-state index in [1.54, 1.807) is 26.0 Å². The quantitative estimate of drug-likeness (QED) is 0.779. The van der Waals surface area contributed by atoms with E-state index in [4.69, 9.17) is 0 Å². The molecule has 2 aromatic rings. The number of anilines is 1. The molecule has 0 atom stereocenters. The highest BCUT2D eigenvalue weighted by molar-refractivity contribution is 7.93. The van der Waals surface area contributed by atoms with Crippen LogP contribution in [0.5, 0.6) is 0 Å². The molecule has 0 spiro atoms. The van der Waals surface area contributed by atoms with Crippen LogP contribution >= 0.6 is 0 Å². The van der Waals surface area contributed by atoms with Crippen molar-refractivity contribution < 1.29 is 16.8 Å². The number of fused-ring (bicyclic) bond motifs is 1. The number of rotatable bonds is 4. The van der Waals surface area contributed by atoms with E-state index in [0.29, 0.717) is 34.7 Å². The summed E-state index contributed by atoms with van der Waals surface area (Å²) >= 11 is 0. The van der Waals surface area contributed by atoms with E-state index in [2.05, 4.69) is 0 Å². The first-order chi connectivity index (χ1) is 12.5. The lowest BCUT2D eigenvalue weighted by atomic mass is 10.1. The molecule has 0 radical (unpaired) electrons. The second kappa shape index (κ2) is 6.61. The van der Waals surface area contributed by atoms with Gasteiger partial charge >= 0.3 is 0 Å². The summed E-state index contributed by atoms with van der Waals surface area (Å²) in [5, 5.41) is 0. The van der Waals surface area contributed by atoms with E-state index < -0.39 is 20.0 Å². The van der Waals surface area contributed by atoms with Gasteiger partial charge in [-0.1, -0.05) is 17.7 Å². The van der Waals surface area contributed by atoms with Crippen molar-refractivity contribution in [3.8, 4) is 0 Å². The van der Waals surface area contributed by atoms with Crippen LogP contribution in [0.3, 0.4) is 0 Å². The lowest BCUT2D eigenvalue weighted by molar-refractivity contribution is 0.520. The normalized spacial score (nSPS) is 14.7. The van der Waals surface area contributed by atoms with Crippen LogP contribution in [-0.4, -0.2) is 41.8 Å². The molecule has 0 aromatic heterocycles. The Morgan fingerprint density at radius 2 is 1.52 bits per heavy atom. The summed E-state index contributed by atoms with van der Waals surface area (Å²) in [4.78, 5) is 0.499. The molecule has 146 valence electrons. The number of hydrogen-bond acceptors (Lipinski definition) is 4. The molecule has 0 aliphatic carbocycles. The van der Waals surface area contributed by atoms with E-state index in [-0.39, 0.29) is 4.90 Å². The summed E-state index contributed by atoms with van der Waals surface area (Å²) in [7, 11) is -4.33. The van der Waals surface area contributed by atoms with Gasteiger partial charge in [-0.2, -0.15) is 0 Å². The summed E-state index contributed by atoms with van der Waals surface area (Å²) < 4.78 is 53.9. The Morgan fingerprint density at radius 1 is 0.926 bits per heavy atom. The van der Waals surface area contributed by atoms with Gasteiger partial charge in [0.05, 0.1) is 15.5 Å². The van der Waals surface area contributed by atoms with E-state index in [0.717, 1.165) is 15.4 Å². The molecule has 0 unspecified atom stereocenters. The van der Waals surface area contributed by atoms with Crippen LogP contribution in [0.2, 0.25) is 0 Å². The van der Waals surface area contributed by atoms with Gasteiger partial charge in [-0.15, -0.1) is 0 Å². The fourth-order valence-electron chi connectivity index (χ4n) is 3.65. The average molecular weight is 409 g/mol. The SMILES string of the molecule is Cc1cc(C)c(S(=O)(=O)N2CCc3cc(S(=O)(=O)N(C)C)ccc32)c(C)c1. The zero-order valence-corrected chi connectivity index (χ0v) is 17.8. The smallest absolute Gasteiger partial charge is 0.264 e.